The highest BCUT2D eigenvalue weighted by molar-refractivity contribution is 7.47. The Hall–Kier alpha value is -3.43. The number of imidazole rings is 2. The molecule has 21 heteroatoms. The van der Waals surface area contributed by atoms with Gasteiger partial charge in [-0.25, -0.2) is 34.5 Å². The highest BCUT2D eigenvalue weighted by Crippen LogP contribution is 2.49. The van der Waals surface area contributed by atoms with E-state index in [2.05, 4.69) is 29.9 Å². The van der Waals surface area contributed by atoms with Gasteiger partial charge in [0.15, 0.2) is 35.4 Å². The zero-order valence-electron chi connectivity index (χ0n) is 21.7. The van der Waals surface area contributed by atoms with Gasteiger partial charge >= 0.3 is 7.82 Å². The summed E-state index contributed by atoms with van der Waals surface area (Å²) in [5.74, 6) is 0.123. The van der Waals surface area contributed by atoms with Gasteiger partial charge < -0.3 is 46.3 Å². The lowest BCUT2D eigenvalue weighted by Crippen LogP contribution is -2.36. The summed E-state index contributed by atoms with van der Waals surface area (Å²) < 4.78 is 45.0. The molecular formula is C20H25N10O10P. The predicted octanol–water partition coefficient (Wildman–Crippen LogP) is -2.80. The fraction of sp³-hybridized carbons (Fsp3) is 0.500. The van der Waals surface area contributed by atoms with Crippen LogP contribution < -0.4 is 11.5 Å². The minimum atomic E-state index is -5.21. The number of nitrogen functional groups attached to an aromatic ring is 2. The number of aromatic nitrogens is 8. The summed E-state index contributed by atoms with van der Waals surface area (Å²) in [6, 6.07) is 0. The summed E-state index contributed by atoms with van der Waals surface area (Å²) in [6.07, 6.45) is -7.46. The monoisotopic (exact) mass is 597 g/mol. The number of aliphatic hydroxyl groups is 4. The average Bonchev–Trinajstić information content (AvgIpc) is 3.70. The molecule has 0 aromatic carbocycles. The highest BCUT2D eigenvalue weighted by atomic mass is 31.2. The smallest absolute Gasteiger partial charge is 0.394 e. The maximum atomic E-state index is 12.9. The number of rotatable bonds is 8. The second-order valence-corrected chi connectivity index (χ2v) is 10.5. The van der Waals surface area contributed by atoms with Crippen molar-refractivity contribution in [2.45, 2.75) is 49.1 Å². The van der Waals surface area contributed by atoms with Crippen LogP contribution in [0.25, 0.3) is 22.3 Å². The summed E-state index contributed by atoms with van der Waals surface area (Å²) in [7, 11) is -5.21. The van der Waals surface area contributed by atoms with Crippen molar-refractivity contribution in [3.63, 3.8) is 0 Å². The molecule has 0 spiro atoms. The van der Waals surface area contributed by atoms with Crippen LogP contribution >= 0.6 is 7.82 Å². The van der Waals surface area contributed by atoms with Crippen molar-refractivity contribution in [2.24, 2.45) is 0 Å². The quantitative estimate of drug-likeness (QED) is 0.101. The molecule has 4 aromatic heterocycles. The molecule has 0 amide bonds. The van der Waals surface area contributed by atoms with Crippen molar-refractivity contribution in [3.8, 4) is 0 Å². The van der Waals surface area contributed by atoms with Crippen LogP contribution in [0, 0.1) is 0 Å². The molecule has 4 aromatic rings. The molecule has 0 saturated carbocycles. The Morgan fingerprint density at radius 2 is 1.41 bits per heavy atom. The van der Waals surface area contributed by atoms with Gasteiger partial charge in [-0.2, -0.15) is 0 Å². The lowest BCUT2D eigenvalue weighted by Gasteiger charge is -2.23. The van der Waals surface area contributed by atoms with Crippen molar-refractivity contribution in [3.05, 3.63) is 25.3 Å². The number of nitrogens with zero attached hydrogens (tertiary/aromatic N) is 8. The fourth-order valence-electron chi connectivity index (χ4n) is 4.68. The minimum absolute atomic E-state index is 0.0588. The number of ether oxygens (including phenoxy) is 2. The van der Waals surface area contributed by atoms with Crippen molar-refractivity contribution >= 4 is 41.8 Å². The third-order valence-corrected chi connectivity index (χ3v) is 7.57. The van der Waals surface area contributed by atoms with E-state index in [0.717, 1.165) is 12.7 Å². The van der Waals surface area contributed by atoms with Gasteiger partial charge in [-0.1, -0.05) is 0 Å². The van der Waals surface area contributed by atoms with Gasteiger partial charge in [0.05, 0.1) is 27.2 Å². The average molecular weight is 597 g/mol. The van der Waals surface area contributed by atoms with Crippen LogP contribution in [-0.2, 0) is 23.1 Å². The van der Waals surface area contributed by atoms with Gasteiger partial charge in [0, 0.05) is 0 Å². The SMILES string of the molecule is [2H][C@@H](OP(=O)(O)O[C@H]1[C@@H](O)[C@H](n2cnc3c(N)ncnc32)O[C@@H]1CO)[C@H]1O[C@@H](n2cnc3c(N)ncnc32)[C@H](O)[C@@H]1O. The maximum absolute atomic E-state index is 12.9. The summed E-state index contributed by atoms with van der Waals surface area (Å²) >= 11 is 0. The molecule has 2 aliphatic rings. The van der Waals surface area contributed by atoms with Gasteiger partial charge in [0.2, 0.25) is 0 Å². The molecule has 1 unspecified atom stereocenters. The van der Waals surface area contributed by atoms with E-state index in [-0.39, 0.29) is 34.0 Å². The number of aliphatic hydroxyl groups excluding tert-OH is 4. The first kappa shape index (κ1) is 26.5. The number of fused-ring (bicyclic) bond motifs is 2. The van der Waals surface area contributed by atoms with Crippen LogP contribution in [-0.4, -0.2) is 114 Å². The van der Waals surface area contributed by atoms with Gasteiger partial charge in [0.1, 0.15) is 60.3 Å². The highest BCUT2D eigenvalue weighted by Gasteiger charge is 2.50. The Kier molecular flexibility index (Phi) is 6.74. The van der Waals surface area contributed by atoms with Crippen molar-refractivity contribution < 1.29 is 49.8 Å². The molecule has 41 heavy (non-hydrogen) atoms. The van der Waals surface area contributed by atoms with Crippen LogP contribution in [0.3, 0.4) is 0 Å². The minimum Gasteiger partial charge on any atom is -0.394 e. The van der Waals surface area contributed by atoms with E-state index >= 15 is 0 Å². The van der Waals surface area contributed by atoms with Crippen LogP contribution in [0.5, 0.6) is 0 Å². The van der Waals surface area contributed by atoms with Gasteiger partial charge in [0.25, 0.3) is 0 Å². The second kappa shape index (κ2) is 10.4. The molecule has 0 aliphatic carbocycles. The number of anilines is 2. The number of phosphoric ester groups is 1. The summed E-state index contributed by atoms with van der Waals surface area (Å²) in [6.45, 7) is -2.82. The van der Waals surface area contributed by atoms with E-state index < -0.39 is 70.1 Å². The standard InChI is InChI=1S/C20H25N10O10P/c21-15-9-17(25-3-23-15)29(5-27-9)19-12(33)11(32)8(39-19)2-37-41(35,36)40-14-7(1-31)38-20(13(14)34)30-6-28-10-16(22)24-4-26-18(10)30/h3-8,11-14,19-20,31-34H,1-2H2,(H,35,36)(H2,21,23,25)(H2,22,24,26)/t7-,8-,11-,12-,13-,14-,19-,20-/m1/s1/i2D/t2-,7-,8-,11-,12-,13-,14-,19-,20-. The van der Waals surface area contributed by atoms with Gasteiger partial charge in [-0.05, 0) is 0 Å². The Morgan fingerprint density at radius 1 is 0.878 bits per heavy atom. The number of hydrogen-bond acceptors (Lipinski definition) is 17. The number of hydrogen-bond donors (Lipinski definition) is 7. The zero-order valence-corrected chi connectivity index (χ0v) is 21.6. The molecular weight excluding hydrogens is 571 g/mol. The number of phosphoric acid groups is 1. The molecule has 2 saturated heterocycles. The molecule has 9 N–H and O–H groups in total. The van der Waals surface area contributed by atoms with Crippen LogP contribution in [0.1, 0.15) is 13.8 Å². The molecule has 2 aliphatic heterocycles. The fourth-order valence-corrected chi connectivity index (χ4v) is 5.57. The maximum Gasteiger partial charge on any atom is 0.472 e. The molecule has 0 radical (unpaired) electrons. The molecule has 10 atom stereocenters. The predicted molar refractivity (Wildman–Crippen MR) is 133 cm³/mol. The largest absolute Gasteiger partial charge is 0.472 e. The Morgan fingerprint density at radius 3 is 1.98 bits per heavy atom. The Labute approximate surface area is 230 Å². The first-order chi connectivity index (χ1) is 20.0. The third kappa shape index (κ3) is 4.78. The summed E-state index contributed by atoms with van der Waals surface area (Å²) in [5, 5.41) is 41.9. The van der Waals surface area contributed by atoms with E-state index in [0.29, 0.717) is 0 Å². The van der Waals surface area contributed by atoms with Crippen LogP contribution in [0.15, 0.2) is 25.3 Å². The molecule has 6 heterocycles. The number of nitrogens with two attached hydrogens (primary N) is 2. The lowest BCUT2D eigenvalue weighted by atomic mass is 10.1. The molecule has 0 bridgehead atoms. The van der Waals surface area contributed by atoms with E-state index in [4.69, 9.17) is 31.4 Å². The van der Waals surface area contributed by atoms with E-state index in [1.807, 2.05) is 0 Å². The first-order valence-corrected chi connectivity index (χ1v) is 13.4. The van der Waals surface area contributed by atoms with Crippen molar-refractivity contribution in [1.82, 2.24) is 39.0 Å². The van der Waals surface area contributed by atoms with E-state index in [9.17, 15) is 29.9 Å². The Bertz CT molecular complexity index is 1660. The first-order valence-electron chi connectivity index (χ1n) is 12.5. The molecule has 6 rings (SSSR count). The van der Waals surface area contributed by atoms with E-state index in [1.54, 1.807) is 0 Å². The second-order valence-electron chi connectivity index (χ2n) is 9.16. The van der Waals surface area contributed by atoms with Crippen molar-refractivity contribution in [2.75, 3.05) is 24.7 Å². The Balaban J connectivity index is 1.17. The zero-order chi connectivity index (χ0) is 29.9. The molecule has 20 nitrogen and oxygen atoms in total. The van der Waals surface area contributed by atoms with Gasteiger partial charge in [-0.15, -0.1) is 0 Å². The van der Waals surface area contributed by atoms with Crippen molar-refractivity contribution in [1.29, 1.82) is 0 Å². The summed E-state index contributed by atoms with van der Waals surface area (Å²) in [4.78, 5) is 34.4. The van der Waals surface area contributed by atoms with Gasteiger partial charge in [-0.3, -0.25) is 18.2 Å². The summed E-state index contributed by atoms with van der Waals surface area (Å²) in [5.41, 5.74) is 12.3. The molecule has 220 valence electrons. The normalized spacial score (nSPS) is 32.9. The topological polar surface area (TPSA) is 294 Å². The molecule has 2 fully saturated rings. The van der Waals surface area contributed by atoms with Crippen LogP contribution in [0.4, 0.5) is 11.6 Å². The van der Waals surface area contributed by atoms with E-state index in [1.165, 1.54) is 21.8 Å². The van der Waals surface area contributed by atoms with Crippen LogP contribution in [0.2, 0.25) is 0 Å². The lowest BCUT2D eigenvalue weighted by molar-refractivity contribution is -0.0585. The third-order valence-electron chi connectivity index (χ3n) is 6.67.